The molecule has 3 aromatic rings. The number of aromatic nitrogens is 2. The lowest BCUT2D eigenvalue weighted by atomic mass is 9.97. The van der Waals surface area contributed by atoms with E-state index in [2.05, 4.69) is 20.8 Å². The standard InChI is InChI=1S/C20H25N3O2/c1-20(2,3)12-23-17-9-6-13(10-18(17)22(4)19(23)24)15-11-14(25-5)7-8-16(15)21/h6-11H,12,21H2,1-5H3. The van der Waals surface area contributed by atoms with E-state index in [9.17, 15) is 4.79 Å². The molecule has 0 saturated carbocycles. The molecule has 0 radical (unpaired) electrons. The fourth-order valence-corrected chi connectivity index (χ4v) is 3.11. The van der Waals surface area contributed by atoms with Crippen LogP contribution in [0, 0.1) is 5.41 Å². The van der Waals surface area contributed by atoms with E-state index in [-0.39, 0.29) is 11.1 Å². The van der Waals surface area contributed by atoms with Crippen LogP contribution in [0.15, 0.2) is 41.2 Å². The van der Waals surface area contributed by atoms with E-state index in [1.54, 1.807) is 11.7 Å². The highest BCUT2D eigenvalue weighted by molar-refractivity contribution is 5.86. The maximum absolute atomic E-state index is 12.7. The van der Waals surface area contributed by atoms with Crippen molar-refractivity contribution in [3.8, 4) is 16.9 Å². The molecular formula is C20H25N3O2. The summed E-state index contributed by atoms with van der Waals surface area (Å²) in [7, 11) is 3.44. The fourth-order valence-electron chi connectivity index (χ4n) is 3.11. The summed E-state index contributed by atoms with van der Waals surface area (Å²) in [5.74, 6) is 0.753. The van der Waals surface area contributed by atoms with Gasteiger partial charge in [0.25, 0.3) is 0 Å². The minimum atomic E-state index is 0.000638. The summed E-state index contributed by atoms with van der Waals surface area (Å²) in [5.41, 5.74) is 10.5. The fraction of sp³-hybridized carbons (Fsp3) is 0.350. The molecule has 0 unspecified atom stereocenters. The van der Waals surface area contributed by atoms with Gasteiger partial charge in [0, 0.05) is 24.8 Å². The summed E-state index contributed by atoms with van der Waals surface area (Å²) in [6.07, 6.45) is 0. The summed E-state index contributed by atoms with van der Waals surface area (Å²) in [6, 6.07) is 11.6. The lowest BCUT2D eigenvalue weighted by molar-refractivity contribution is 0.342. The van der Waals surface area contributed by atoms with Crippen LogP contribution < -0.4 is 16.2 Å². The van der Waals surface area contributed by atoms with Crippen LogP contribution >= 0.6 is 0 Å². The quantitative estimate of drug-likeness (QED) is 0.741. The zero-order valence-electron chi connectivity index (χ0n) is 15.5. The minimum absolute atomic E-state index is 0.000638. The Morgan fingerprint density at radius 3 is 2.44 bits per heavy atom. The van der Waals surface area contributed by atoms with Gasteiger partial charge in [0.15, 0.2) is 0 Å². The van der Waals surface area contributed by atoms with Crippen molar-refractivity contribution in [2.75, 3.05) is 12.8 Å². The van der Waals surface area contributed by atoms with E-state index < -0.39 is 0 Å². The predicted molar refractivity (Wildman–Crippen MR) is 103 cm³/mol. The Kier molecular flexibility index (Phi) is 4.11. The molecule has 5 heteroatoms. The minimum Gasteiger partial charge on any atom is -0.497 e. The van der Waals surface area contributed by atoms with Crippen LogP contribution in [0.5, 0.6) is 5.75 Å². The summed E-state index contributed by atoms with van der Waals surface area (Å²) in [6.45, 7) is 7.06. The average molecular weight is 339 g/mol. The molecule has 0 aliphatic carbocycles. The van der Waals surface area contributed by atoms with Crippen LogP contribution in [0.2, 0.25) is 0 Å². The van der Waals surface area contributed by atoms with Gasteiger partial charge in [-0.25, -0.2) is 4.79 Å². The molecular weight excluding hydrogens is 314 g/mol. The van der Waals surface area contributed by atoms with Crippen molar-refractivity contribution in [2.45, 2.75) is 27.3 Å². The van der Waals surface area contributed by atoms with E-state index in [1.807, 2.05) is 48.0 Å². The zero-order valence-corrected chi connectivity index (χ0v) is 15.5. The van der Waals surface area contributed by atoms with Gasteiger partial charge in [-0.15, -0.1) is 0 Å². The highest BCUT2D eigenvalue weighted by Crippen LogP contribution is 2.32. The number of benzene rings is 2. The first-order valence-electron chi connectivity index (χ1n) is 8.34. The van der Waals surface area contributed by atoms with Gasteiger partial charge in [0.2, 0.25) is 0 Å². The monoisotopic (exact) mass is 339 g/mol. The van der Waals surface area contributed by atoms with E-state index in [0.29, 0.717) is 12.2 Å². The molecule has 2 aromatic carbocycles. The molecule has 25 heavy (non-hydrogen) atoms. The summed E-state index contributed by atoms with van der Waals surface area (Å²) >= 11 is 0. The van der Waals surface area contributed by atoms with Crippen LogP contribution in [0.1, 0.15) is 20.8 Å². The van der Waals surface area contributed by atoms with Gasteiger partial charge in [-0.3, -0.25) is 9.13 Å². The van der Waals surface area contributed by atoms with Crippen molar-refractivity contribution in [3.05, 3.63) is 46.9 Å². The SMILES string of the molecule is COc1ccc(N)c(-c2ccc3c(c2)n(C)c(=O)n3CC(C)(C)C)c1. The number of rotatable bonds is 3. The third kappa shape index (κ3) is 3.14. The Hall–Kier alpha value is -2.69. The number of nitrogens with zero attached hydrogens (tertiary/aromatic N) is 2. The third-order valence-electron chi connectivity index (χ3n) is 4.35. The lowest BCUT2D eigenvalue weighted by Crippen LogP contribution is -2.27. The first kappa shape index (κ1) is 17.1. The van der Waals surface area contributed by atoms with Crippen molar-refractivity contribution in [2.24, 2.45) is 12.5 Å². The Morgan fingerprint density at radius 2 is 1.80 bits per heavy atom. The molecule has 132 valence electrons. The number of nitrogens with two attached hydrogens (primary N) is 1. The first-order valence-corrected chi connectivity index (χ1v) is 8.34. The molecule has 0 saturated heterocycles. The molecule has 2 N–H and O–H groups in total. The van der Waals surface area contributed by atoms with Crippen LogP contribution in [0.4, 0.5) is 5.69 Å². The number of nitrogen functional groups attached to an aromatic ring is 1. The lowest BCUT2D eigenvalue weighted by Gasteiger charge is -2.18. The molecule has 5 nitrogen and oxygen atoms in total. The largest absolute Gasteiger partial charge is 0.497 e. The molecule has 3 rings (SSSR count). The van der Waals surface area contributed by atoms with Crippen LogP contribution in [0.3, 0.4) is 0 Å². The maximum Gasteiger partial charge on any atom is 0.328 e. The molecule has 0 spiro atoms. The van der Waals surface area contributed by atoms with Crippen molar-refractivity contribution < 1.29 is 4.74 Å². The summed E-state index contributed by atoms with van der Waals surface area (Å²) < 4.78 is 8.84. The van der Waals surface area contributed by atoms with Crippen molar-refractivity contribution in [1.82, 2.24) is 9.13 Å². The number of aryl methyl sites for hydroxylation is 1. The topological polar surface area (TPSA) is 62.2 Å². The van der Waals surface area contributed by atoms with Crippen LogP contribution in [-0.4, -0.2) is 16.2 Å². The van der Waals surface area contributed by atoms with E-state index in [1.165, 1.54) is 0 Å². The van der Waals surface area contributed by atoms with Gasteiger partial charge in [-0.2, -0.15) is 0 Å². The van der Waals surface area contributed by atoms with Crippen LogP contribution in [0.25, 0.3) is 22.2 Å². The summed E-state index contributed by atoms with van der Waals surface area (Å²) in [5, 5.41) is 0. The van der Waals surface area contributed by atoms with Gasteiger partial charge >= 0.3 is 5.69 Å². The van der Waals surface area contributed by atoms with Gasteiger partial charge in [0.1, 0.15) is 5.75 Å². The number of ether oxygens (including phenoxy) is 1. The molecule has 0 aliphatic heterocycles. The van der Waals surface area contributed by atoms with E-state index >= 15 is 0 Å². The highest BCUT2D eigenvalue weighted by atomic mass is 16.5. The number of methoxy groups -OCH3 is 1. The first-order chi connectivity index (χ1) is 11.7. The Bertz CT molecular complexity index is 991. The Balaban J connectivity index is 2.19. The van der Waals surface area contributed by atoms with Crippen molar-refractivity contribution in [3.63, 3.8) is 0 Å². The number of hydrogen-bond acceptors (Lipinski definition) is 3. The molecule has 1 aromatic heterocycles. The number of anilines is 1. The molecule has 0 bridgehead atoms. The van der Waals surface area contributed by atoms with Gasteiger partial charge in [-0.1, -0.05) is 26.8 Å². The molecule has 0 amide bonds. The second kappa shape index (κ2) is 5.99. The van der Waals surface area contributed by atoms with Gasteiger partial charge < -0.3 is 10.5 Å². The third-order valence-corrected chi connectivity index (χ3v) is 4.35. The second-order valence-corrected chi connectivity index (χ2v) is 7.65. The van der Waals surface area contributed by atoms with E-state index in [0.717, 1.165) is 27.9 Å². The van der Waals surface area contributed by atoms with Crippen molar-refractivity contribution in [1.29, 1.82) is 0 Å². The molecule has 0 fully saturated rings. The predicted octanol–water partition coefficient (Wildman–Crippen LogP) is 3.64. The number of imidazole rings is 1. The zero-order chi connectivity index (χ0) is 18.4. The average Bonchev–Trinajstić information content (AvgIpc) is 2.78. The molecule has 0 aliphatic rings. The highest BCUT2D eigenvalue weighted by Gasteiger charge is 2.18. The number of hydrogen-bond donors (Lipinski definition) is 1. The van der Waals surface area contributed by atoms with Gasteiger partial charge in [-0.05, 0) is 41.3 Å². The van der Waals surface area contributed by atoms with Crippen LogP contribution in [-0.2, 0) is 13.6 Å². The normalized spacial score (nSPS) is 11.9. The Labute approximate surface area is 147 Å². The second-order valence-electron chi connectivity index (χ2n) is 7.65. The smallest absolute Gasteiger partial charge is 0.328 e. The van der Waals surface area contributed by atoms with Crippen molar-refractivity contribution >= 4 is 16.7 Å². The number of fused-ring (bicyclic) bond motifs is 1. The summed E-state index contributed by atoms with van der Waals surface area (Å²) in [4.78, 5) is 12.7. The van der Waals surface area contributed by atoms with Gasteiger partial charge in [0.05, 0.1) is 18.1 Å². The van der Waals surface area contributed by atoms with E-state index in [4.69, 9.17) is 10.5 Å². The Morgan fingerprint density at radius 1 is 1.08 bits per heavy atom. The molecule has 1 heterocycles. The molecule has 0 atom stereocenters. The maximum atomic E-state index is 12.7.